The Morgan fingerprint density at radius 1 is 1.09 bits per heavy atom. The highest BCUT2D eigenvalue weighted by molar-refractivity contribution is 14.0. The van der Waals surface area contributed by atoms with E-state index in [0.717, 1.165) is 64.1 Å². The zero-order valence-corrected chi connectivity index (χ0v) is 21.2. The number of guanidine groups is 1. The molecule has 3 heterocycles. The van der Waals surface area contributed by atoms with Gasteiger partial charge in [-0.1, -0.05) is 12.1 Å². The standard InChI is InChI=1S/C23H32N8.HI/c1-18-4-5-20-19(17-29-21(20)16-18)6-9-25-22(24-2)26-10-11-30-12-14-31(15-13-30)23-27-7-3-8-28-23;/h3-5,7-8,16-17,29H,6,9-15H2,1-2H3,(H2,24,25,26);1H. The average Bonchev–Trinajstić information content (AvgIpc) is 3.21. The number of hydrogen-bond donors (Lipinski definition) is 3. The van der Waals surface area contributed by atoms with Crippen LogP contribution in [0.25, 0.3) is 10.9 Å². The third-order valence-corrected chi connectivity index (χ3v) is 5.76. The Morgan fingerprint density at radius 2 is 1.84 bits per heavy atom. The lowest BCUT2D eigenvalue weighted by Crippen LogP contribution is -2.49. The van der Waals surface area contributed by atoms with Crippen LogP contribution >= 0.6 is 24.0 Å². The van der Waals surface area contributed by atoms with Crippen molar-refractivity contribution in [2.45, 2.75) is 13.3 Å². The van der Waals surface area contributed by atoms with E-state index in [9.17, 15) is 0 Å². The molecule has 0 bridgehead atoms. The number of aromatic nitrogens is 3. The van der Waals surface area contributed by atoms with E-state index in [-0.39, 0.29) is 24.0 Å². The summed E-state index contributed by atoms with van der Waals surface area (Å²) in [5.74, 6) is 1.68. The number of halogens is 1. The molecule has 2 aromatic heterocycles. The molecule has 0 aliphatic carbocycles. The SMILES string of the molecule is CN=C(NCCc1c[nH]c2cc(C)ccc12)NCCN1CCN(c2ncccn2)CC1.I. The van der Waals surface area contributed by atoms with Crippen LogP contribution in [-0.4, -0.2) is 78.7 Å². The lowest BCUT2D eigenvalue weighted by molar-refractivity contribution is 0.260. The number of anilines is 1. The summed E-state index contributed by atoms with van der Waals surface area (Å²) in [6.07, 6.45) is 6.67. The fourth-order valence-corrected chi connectivity index (χ4v) is 4.00. The Kier molecular flexibility index (Phi) is 9.10. The second-order valence-corrected chi connectivity index (χ2v) is 7.92. The van der Waals surface area contributed by atoms with E-state index in [1.807, 2.05) is 13.1 Å². The molecule has 0 spiro atoms. The van der Waals surface area contributed by atoms with Crippen LogP contribution in [0.4, 0.5) is 5.95 Å². The molecule has 9 heteroatoms. The highest BCUT2D eigenvalue weighted by Gasteiger charge is 2.18. The highest BCUT2D eigenvalue weighted by atomic mass is 127. The Morgan fingerprint density at radius 3 is 2.59 bits per heavy atom. The zero-order chi connectivity index (χ0) is 21.5. The number of H-pyrrole nitrogens is 1. The highest BCUT2D eigenvalue weighted by Crippen LogP contribution is 2.19. The summed E-state index contributed by atoms with van der Waals surface area (Å²) in [5.41, 5.74) is 3.81. The number of rotatable bonds is 7. The predicted molar refractivity (Wildman–Crippen MR) is 142 cm³/mol. The second kappa shape index (κ2) is 12.0. The number of aryl methyl sites for hydroxylation is 1. The molecule has 1 saturated heterocycles. The molecule has 3 N–H and O–H groups in total. The van der Waals surface area contributed by atoms with Gasteiger partial charge >= 0.3 is 0 Å². The molecule has 172 valence electrons. The molecule has 1 aliphatic rings. The van der Waals surface area contributed by atoms with E-state index < -0.39 is 0 Å². The fraction of sp³-hybridized carbons (Fsp3) is 0.435. The second-order valence-electron chi connectivity index (χ2n) is 7.92. The number of hydrogen-bond acceptors (Lipinski definition) is 5. The Labute approximate surface area is 206 Å². The summed E-state index contributed by atoms with van der Waals surface area (Å²) >= 11 is 0. The van der Waals surface area contributed by atoms with Gasteiger partial charge in [-0.25, -0.2) is 9.97 Å². The largest absolute Gasteiger partial charge is 0.361 e. The van der Waals surface area contributed by atoms with E-state index >= 15 is 0 Å². The van der Waals surface area contributed by atoms with Crippen LogP contribution in [0, 0.1) is 6.92 Å². The molecule has 0 unspecified atom stereocenters. The summed E-state index contributed by atoms with van der Waals surface area (Å²) in [6.45, 7) is 8.78. The number of benzene rings is 1. The van der Waals surface area contributed by atoms with E-state index in [0.29, 0.717) is 0 Å². The van der Waals surface area contributed by atoms with Crippen LogP contribution in [0.2, 0.25) is 0 Å². The van der Waals surface area contributed by atoms with Crippen LogP contribution in [0.5, 0.6) is 0 Å². The van der Waals surface area contributed by atoms with Crippen LogP contribution in [0.3, 0.4) is 0 Å². The van der Waals surface area contributed by atoms with Gasteiger partial charge in [0.15, 0.2) is 5.96 Å². The van der Waals surface area contributed by atoms with E-state index in [4.69, 9.17) is 0 Å². The quantitative estimate of drug-likeness (QED) is 0.239. The predicted octanol–water partition coefficient (Wildman–Crippen LogP) is 2.41. The molecule has 32 heavy (non-hydrogen) atoms. The fourth-order valence-electron chi connectivity index (χ4n) is 4.00. The van der Waals surface area contributed by atoms with Crippen molar-refractivity contribution in [1.82, 2.24) is 30.5 Å². The van der Waals surface area contributed by atoms with Gasteiger partial charge in [0, 0.05) is 82.4 Å². The first-order chi connectivity index (χ1) is 15.2. The first-order valence-corrected chi connectivity index (χ1v) is 11.0. The summed E-state index contributed by atoms with van der Waals surface area (Å²) in [7, 11) is 1.82. The normalized spacial score (nSPS) is 14.9. The molecule has 8 nitrogen and oxygen atoms in total. The van der Waals surface area contributed by atoms with Gasteiger partial charge < -0.3 is 20.5 Å². The summed E-state index contributed by atoms with van der Waals surface area (Å²) in [4.78, 5) is 21.1. The minimum atomic E-state index is 0. The van der Waals surface area contributed by atoms with Gasteiger partial charge in [-0.3, -0.25) is 9.89 Å². The van der Waals surface area contributed by atoms with Crippen LogP contribution in [0.15, 0.2) is 47.8 Å². The average molecular weight is 548 g/mol. The van der Waals surface area contributed by atoms with Crippen molar-refractivity contribution < 1.29 is 0 Å². The number of fused-ring (bicyclic) bond motifs is 1. The van der Waals surface area contributed by atoms with Gasteiger partial charge in [0.2, 0.25) is 5.95 Å². The van der Waals surface area contributed by atoms with Crippen LogP contribution in [0.1, 0.15) is 11.1 Å². The van der Waals surface area contributed by atoms with Gasteiger partial charge in [0.25, 0.3) is 0 Å². The van der Waals surface area contributed by atoms with E-state index in [1.54, 1.807) is 12.4 Å². The molecule has 1 aliphatic heterocycles. The van der Waals surface area contributed by atoms with E-state index in [2.05, 4.69) is 71.7 Å². The summed E-state index contributed by atoms with van der Waals surface area (Å²) in [6, 6.07) is 8.42. The topological polar surface area (TPSA) is 84.5 Å². The Balaban J connectivity index is 0.00000289. The number of aromatic amines is 1. The van der Waals surface area contributed by atoms with Crippen molar-refractivity contribution >= 4 is 46.8 Å². The molecule has 0 saturated carbocycles. The van der Waals surface area contributed by atoms with Crippen molar-refractivity contribution in [1.29, 1.82) is 0 Å². The van der Waals surface area contributed by atoms with Crippen molar-refractivity contribution in [3.8, 4) is 0 Å². The lowest BCUT2D eigenvalue weighted by atomic mass is 10.1. The minimum Gasteiger partial charge on any atom is -0.361 e. The number of nitrogens with zero attached hydrogens (tertiary/aromatic N) is 5. The monoisotopic (exact) mass is 548 g/mol. The lowest BCUT2D eigenvalue weighted by Gasteiger charge is -2.34. The van der Waals surface area contributed by atoms with Crippen molar-refractivity contribution in [3.63, 3.8) is 0 Å². The van der Waals surface area contributed by atoms with E-state index in [1.165, 1.54) is 22.0 Å². The molecule has 3 aromatic rings. The molecular formula is C23H33IN8. The first-order valence-electron chi connectivity index (χ1n) is 11.0. The molecule has 1 fully saturated rings. The first kappa shape index (κ1) is 24.2. The molecule has 4 rings (SSSR count). The van der Waals surface area contributed by atoms with Gasteiger partial charge in [0.1, 0.15) is 0 Å². The van der Waals surface area contributed by atoms with Gasteiger partial charge in [-0.05, 0) is 36.6 Å². The van der Waals surface area contributed by atoms with Crippen molar-refractivity contribution in [2.75, 3.05) is 57.8 Å². The van der Waals surface area contributed by atoms with Crippen LogP contribution < -0.4 is 15.5 Å². The summed E-state index contributed by atoms with van der Waals surface area (Å²) < 4.78 is 0. The molecule has 0 amide bonds. The Bertz CT molecular complexity index is 996. The van der Waals surface area contributed by atoms with Crippen molar-refractivity contribution in [3.05, 3.63) is 54.0 Å². The maximum absolute atomic E-state index is 4.36. The maximum Gasteiger partial charge on any atom is 0.225 e. The van der Waals surface area contributed by atoms with Gasteiger partial charge in [-0.2, -0.15) is 0 Å². The van der Waals surface area contributed by atoms with Gasteiger partial charge in [-0.15, -0.1) is 24.0 Å². The summed E-state index contributed by atoms with van der Waals surface area (Å²) in [5, 5.41) is 8.17. The minimum absolute atomic E-state index is 0. The number of nitrogens with one attached hydrogen (secondary N) is 3. The molecular weight excluding hydrogens is 515 g/mol. The third kappa shape index (κ3) is 6.32. The smallest absolute Gasteiger partial charge is 0.225 e. The molecule has 0 atom stereocenters. The van der Waals surface area contributed by atoms with Gasteiger partial charge in [0.05, 0.1) is 0 Å². The van der Waals surface area contributed by atoms with Crippen LogP contribution in [-0.2, 0) is 6.42 Å². The molecule has 1 aromatic carbocycles. The molecule has 0 radical (unpaired) electrons. The number of piperazine rings is 1. The Hall–Kier alpha value is -2.40. The zero-order valence-electron chi connectivity index (χ0n) is 18.8. The maximum atomic E-state index is 4.36. The third-order valence-electron chi connectivity index (χ3n) is 5.76. The van der Waals surface area contributed by atoms with Crippen molar-refractivity contribution in [2.24, 2.45) is 4.99 Å². The number of aliphatic imine (C=N–C) groups is 1.